The minimum Gasteiger partial charge on any atom is -0.509 e. The highest BCUT2D eigenvalue weighted by Gasteiger charge is 2.94. The van der Waals surface area contributed by atoms with Crippen molar-refractivity contribution in [3.8, 4) is 11.8 Å². The molecular weight excluding hydrogens is 1020 g/mol. The molecular formula is C75H91N3O5. The SMILES string of the molecule is C[C@H]1CC2=C3[C@H]4C5=C6[C@H](/C=C\[C@H](C7CCCCC7)C[C@H]7[C@]68C(=O)O/C(=C(\O)C[C@@H]6[C@@H]9CC%10(CCCC%10)[C@]%10(CCC[C@]%10%11CCC[C@@H]%11C#CC[C@@H]%10[C@@H]%11CN3[C@H]3[C@H](C2)[C@@H]2C=C[C@@]3(CN6%10)[C@H]%11C2)C9)[C@@]8(CC5)[C@]72OC(=O)c3c(CCCN)cccc32)C[C@@H]41. The summed E-state index contributed by atoms with van der Waals surface area (Å²) in [5.41, 5.74) is 12.9. The summed E-state index contributed by atoms with van der Waals surface area (Å²) in [5.74, 6) is 14.0. The van der Waals surface area contributed by atoms with Crippen molar-refractivity contribution in [3.05, 3.63) is 93.1 Å². The van der Waals surface area contributed by atoms with Gasteiger partial charge in [0.1, 0.15) is 11.2 Å². The standard InChI is InChI=1S/C75H91N3O5/c1-42-32-48-34-53-46-22-29-70-41-78-57-19-8-16-50-17-9-26-71(50)27-11-28-72(71)39-49(38-69(72)24-5-6-25-69)58(78)37-59(79)66-73-30-23-51-62(64(48)77(65(53)70)40-54(57)56(70)35-46)52(42)33-47-21-20-45(43-12-3-2-4-13-43)36-60(74(73,63(47)51)68(81)82-66)75(73)55-18-7-14-44(15-10-31-76)61(55)67(80)83-75/h7,14,18,20-22,29,42-43,45-47,49-50,52-54,56-58,60,62,65,79H,2-6,9-13,15,17,19,23-28,30-41,76H2,1H3/b21-20-,66-59-/t42-,45-,46+,47+,49+,50-,52+,53+,54+,56-,57+,58+,60-,62-,65-,70+,71-,72-,73+,74+,75+/m0/s1. The van der Waals surface area contributed by atoms with Crippen molar-refractivity contribution in [3.63, 3.8) is 0 Å². The fraction of sp³-hybridized carbons (Fsp3) is 0.733. The number of esters is 2. The first kappa shape index (κ1) is 50.0. The second kappa shape index (κ2) is 16.6. The van der Waals surface area contributed by atoms with Gasteiger partial charge in [-0.3, -0.25) is 9.69 Å². The predicted molar refractivity (Wildman–Crippen MR) is 317 cm³/mol. The Morgan fingerprint density at radius 1 is 0.831 bits per heavy atom. The highest BCUT2D eigenvalue weighted by Crippen LogP contribution is 2.89. The Hall–Kier alpha value is -4.06. The summed E-state index contributed by atoms with van der Waals surface area (Å²) in [6.45, 7) is 5.32. The fourth-order valence-corrected chi connectivity index (χ4v) is 29.3. The van der Waals surface area contributed by atoms with Gasteiger partial charge in [-0.1, -0.05) is 106 Å². The van der Waals surface area contributed by atoms with Crippen LogP contribution in [0.25, 0.3) is 0 Å². The Labute approximate surface area is 493 Å². The first-order valence-electron chi connectivity index (χ1n) is 35.1. The number of rotatable bonds is 4. The topological polar surface area (TPSA) is 105 Å². The van der Waals surface area contributed by atoms with E-state index in [4.69, 9.17) is 15.2 Å². The molecule has 0 unspecified atom stereocenters. The lowest BCUT2D eigenvalue weighted by molar-refractivity contribution is -0.282. The van der Waals surface area contributed by atoms with Crippen LogP contribution in [0.3, 0.4) is 0 Å². The van der Waals surface area contributed by atoms with E-state index in [0.717, 1.165) is 56.3 Å². The van der Waals surface area contributed by atoms with Gasteiger partial charge in [-0.2, -0.15) is 0 Å². The Morgan fingerprint density at radius 2 is 1.71 bits per heavy atom. The summed E-state index contributed by atoms with van der Waals surface area (Å²) < 4.78 is 15.1. The van der Waals surface area contributed by atoms with Crippen molar-refractivity contribution in [1.82, 2.24) is 9.80 Å². The zero-order chi connectivity index (χ0) is 54.9. The lowest BCUT2D eigenvalue weighted by Crippen LogP contribution is -2.78. The number of benzene rings is 1. The van der Waals surface area contributed by atoms with Crippen molar-refractivity contribution in [1.29, 1.82) is 0 Å². The molecule has 7 aliphatic heterocycles. The van der Waals surface area contributed by atoms with Crippen LogP contribution in [0.4, 0.5) is 0 Å². The van der Waals surface area contributed by atoms with Crippen LogP contribution in [0.2, 0.25) is 0 Å². The van der Waals surface area contributed by atoms with E-state index < -0.39 is 16.4 Å². The molecule has 3 N–H and O–H groups in total. The van der Waals surface area contributed by atoms with Gasteiger partial charge in [-0.05, 0) is 221 Å². The number of hydrogen-bond donors (Lipinski definition) is 2. The minimum atomic E-state index is -1.17. The molecule has 8 heteroatoms. The molecule has 13 aliphatic carbocycles. The largest absolute Gasteiger partial charge is 0.509 e. The van der Waals surface area contributed by atoms with Crippen molar-refractivity contribution < 1.29 is 24.2 Å². The Balaban J connectivity index is 0.877. The van der Waals surface area contributed by atoms with Crippen LogP contribution in [0.15, 0.2) is 76.4 Å². The van der Waals surface area contributed by atoms with Gasteiger partial charge in [0.05, 0.1) is 11.0 Å². The monoisotopic (exact) mass is 1110 g/mol. The van der Waals surface area contributed by atoms with Crippen molar-refractivity contribution in [2.24, 2.45) is 115 Å². The number of carbonyl (C=O) groups is 2. The number of hydrogen-bond acceptors (Lipinski definition) is 8. The third kappa shape index (κ3) is 5.46. The molecule has 21 atom stereocenters. The van der Waals surface area contributed by atoms with Gasteiger partial charge >= 0.3 is 11.9 Å². The number of ether oxygens (including phenoxy) is 2. The average molecular weight is 1110 g/mol. The molecule has 3 saturated heterocycles. The zero-order valence-electron chi connectivity index (χ0n) is 49.8. The molecule has 1 aromatic rings. The molecule has 0 amide bonds. The van der Waals surface area contributed by atoms with Crippen LogP contribution >= 0.6 is 0 Å². The highest BCUT2D eigenvalue weighted by molar-refractivity contribution is 6.00. The first-order chi connectivity index (χ1) is 40.6. The molecule has 7 spiro atoms. The van der Waals surface area contributed by atoms with E-state index in [9.17, 15) is 5.11 Å². The summed E-state index contributed by atoms with van der Waals surface area (Å²) in [4.78, 5) is 38.9. The molecule has 1 aromatic carbocycles. The van der Waals surface area contributed by atoms with E-state index in [-0.39, 0.29) is 63.9 Å². The molecule has 0 radical (unpaired) electrons. The van der Waals surface area contributed by atoms with Crippen molar-refractivity contribution in [2.45, 2.75) is 210 Å². The molecule has 436 valence electrons. The minimum absolute atomic E-state index is 0.0296. The number of fused-ring (bicyclic) bond motifs is 7. The molecule has 83 heavy (non-hydrogen) atoms. The smallest absolute Gasteiger partial charge is 0.339 e. The molecule has 8 nitrogen and oxygen atoms in total. The summed E-state index contributed by atoms with van der Waals surface area (Å²) in [5, 5.41) is 14.5. The Kier molecular flexibility index (Phi) is 9.97. The van der Waals surface area contributed by atoms with Gasteiger partial charge < -0.3 is 25.2 Å². The van der Waals surface area contributed by atoms with Crippen LogP contribution < -0.4 is 5.73 Å². The third-order valence-corrected chi connectivity index (χ3v) is 31.3. The number of nitrogens with zero attached hydrogens (tertiary/aromatic N) is 2. The Morgan fingerprint density at radius 3 is 2.59 bits per heavy atom. The molecule has 7 heterocycles. The van der Waals surface area contributed by atoms with Gasteiger partial charge in [0.2, 0.25) is 0 Å². The summed E-state index contributed by atoms with van der Waals surface area (Å²) in [6, 6.07) is 7.36. The molecule has 0 aromatic heterocycles. The van der Waals surface area contributed by atoms with Gasteiger partial charge in [-0.25, -0.2) is 4.79 Å². The molecule has 21 rings (SSSR count). The predicted octanol–water partition coefficient (Wildman–Crippen LogP) is 14.0. The van der Waals surface area contributed by atoms with Gasteiger partial charge in [0.25, 0.3) is 0 Å². The van der Waals surface area contributed by atoms with Crippen LogP contribution in [0.1, 0.15) is 202 Å². The summed E-state index contributed by atoms with van der Waals surface area (Å²) in [7, 11) is 0. The number of allylic oxidation sites excluding steroid dienone is 5. The van der Waals surface area contributed by atoms with Crippen LogP contribution in [-0.4, -0.2) is 64.6 Å². The van der Waals surface area contributed by atoms with E-state index >= 15 is 9.59 Å². The summed E-state index contributed by atoms with van der Waals surface area (Å²) in [6.07, 6.45) is 42.8. The van der Waals surface area contributed by atoms with Crippen LogP contribution in [0, 0.1) is 121 Å². The normalized spacial score (nSPS) is 52.0. The van der Waals surface area contributed by atoms with E-state index in [1.54, 1.807) is 16.8 Å². The Bertz CT molecular complexity index is 3340. The van der Waals surface area contributed by atoms with E-state index in [1.165, 1.54) is 134 Å². The third-order valence-electron chi connectivity index (χ3n) is 31.3. The van der Waals surface area contributed by atoms with Gasteiger partial charge in [-0.15, -0.1) is 5.92 Å². The maximum Gasteiger partial charge on any atom is 0.339 e. The van der Waals surface area contributed by atoms with E-state index in [0.29, 0.717) is 108 Å². The van der Waals surface area contributed by atoms with E-state index in [2.05, 4.69) is 71.1 Å². The van der Waals surface area contributed by atoms with Crippen LogP contribution in [-0.2, 0) is 26.3 Å². The zero-order valence-corrected chi connectivity index (χ0v) is 49.8. The highest BCUT2D eigenvalue weighted by atomic mass is 16.6. The number of piperidine rings is 2. The number of nitrogens with two attached hydrogens (primary N) is 1. The quantitative estimate of drug-likeness (QED) is 0.175. The van der Waals surface area contributed by atoms with Crippen LogP contribution in [0.5, 0.6) is 0 Å². The second-order valence-corrected chi connectivity index (χ2v) is 32.9. The molecule has 20 aliphatic rings. The lowest BCUT2D eigenvalue weighted by atomic mass is 9.27. The van der Waals surface area contributed by atoms with E-state index in [1.807, 2.05) is 0 Å². The first-order valence-corrected chi connectivity index (χ1v) is 35.1. The van der Waals surface area contributed by atoms with Gasteiger partial charge in [0.15, 0.2) is 11.4 Å². The number of aliphatic hydroxyl groups is 1. The number of carbonyl (C=O) groups excluding carboxylic acids is 2. The number of aryl methyl sites for hydroxylation is 1. The van der Waals surface area contributed by atoms with Crippen molar-refractivity contribution >= 4 is 11.9 Å². The maximum atomic E-state index is 17.0. The molecule has 7 saturated carbocycles. The lowest BCUT2D eigenvalue weighted by Gasteiger charge is -2.75. The molecule has 10 fully saturated rings. The fourth-order valence-electron chi connectivity index (χ4n) is 29.3. The second-order valence-electron chi connectivity index (χ2n) is 32.9. The number of aliphatic hydroxyl groups excluding tert-OH is 1. The van der Waals surface area contributed by atoms with Crippen molar-refractivity contribution in [2.75, 3.05) is 19.6 Å². The summed E-state index contributed by atoms with van der Waals surface area (Å²) >= 11 is 0. The van der Waals surface area contributed by atoms with Gasteiger partial charge in [0, 0.05) is 78.5 Å². The molecule has 12 bridgehead atoms. The maximum absolute atomic E-state index is 17.0. The average Bonchev–Trinajstić information content (AvgIpc) is 1.54.